The van der Waals surface area contributed by atoms with E-state index in [1.807, 2.05) is 31.2 Å². The first-order valence-corrected chi connectivity index (χ1v) is 12.8. The van der Waals surface area contributed by atoms with Crippen LogP contribution < -0.4 is 4.72 Å². The van der Waals surface area contributed by atoms with E-state index in [2.05, 4.69) is 4.72 Å². The number of anilines is 1. The molecule has 32 heavy (non-hydrogen) atoms. The summed E-state index contributed by atoms with van der Waals surface area (Å²) in [5, 5.41) is 1.70. The van der Waals surface area contributed by atoms with E-state index in [1.165, 1.54) is 6.07 Å². The molecule has 1 amide bonds. The highest BCUT2D eigenvalue weighted by Crippen LogP contribution is 2.24. The van der Waals surface area contributed by atoms with Gasteiger partial charge in [-0.1, -0.05) is 35.9 Å². The highest BCUT2D eigenvalue weighted by Gasteiger charge is 2.28. The monoisotopic (exact) mass is 468 g/mol. The Bertz CT molecular complexity index is 1190. The standard InChI is InChI=1S/C24H24N2O4S2/c1-17-4-6-18(7-5-17)23(27)19-12-14-26(15-13-19)24(28)20-8-10-21(11-9-20)25-32(29,30)22-3-2-16-31-22/h2-11,16,19,25H,12-15H2,1H3. The molecule has 1 aliphatic rings. The molecule has 0 radical (unpaired) electrons. The van der Waals surface area contributed by atoms with Gasteiger partial charge in [0, 0.05) is 35.8 Å². The zero-order chi connectivity index (χ0) is 22.7. The topological polar surface area (TPSA) is 83.6 Å². The Morgan fingerprint density at radius 2 is 1.56 bits per heavy atom. The summed E-state index contributed by atoms with van der Waals surface area (Å²) in [6.45, 7) is 3.03. The van der Waals surface area contributed by atoms with E-state index in [-0.39, 0.29) is 21.8 Å². The van der Waals surface area contributed by atoms with Crippen molar-refractivity contribution in [2.24, 2.45) is 5.92 Å². The molecule has 2 heterocycles. The van der Waals surface area contributed by atoms with E-state index in [4.69, 9.17) is 0 Å². The van der Waals surface area contributed by atoms with Gasteiger partial charge >= 0.3 is 0 Å². The van der Waals surface area contributed by atoms with Crippen molar-refractivity contribution in [1.82, 2.24) is 4.90 Å². The number of aryl methyl sites for hydroxylation is 1. The number of carbonyl (C=O) groups is 2. The molecule has 0 spiro atoms. The van der Waals surface area contributed by atoms with Gasteiger partial charge in [-0.15, -0.1) is 11.3 Å². The minimum atomic E-state index is -3.62. The van der Waals surface area contributed by atoms with Gasteiger partial charge in [-0.25, -0.2) is 8.42 Å². The largest absolute Gasteiger partial charge is 0.339 e. The maximum atomic E-state index is 12.9. The normalized spacial score (nSPS) is 14.8. The fourth-order valence-corrected chi connectivity index (χ4v) is 5.84. The number of hydrogen-bond donors (Lipinski definition) is 1. The molecule has 0 unspecified atom stereocenters. The number of ketones is 1. The molecule has 2 aromatic carbocycles. The summed E-state index contributed by atoms with van der Waals surface area (Å²) in [5.41, 5.74) is 2.73. The summed E-state index contributed by atoms with van der Waals surface area (Å²) in [6.07, 6.45) is 1.27. The average molecular weight is 469 g/mol. The molecule has 3 aromatic rings. The Morgan fingerprint density at radius 3 is 2.16 bits per heavy atom. The number of sulfonamides is 1. The molecule has 0 atom stereocenters. The first-order valence-electron chi connectivity index (χ1n) is 10.4. The molecule has 1 N–H and O–H groups in total. The fourth-order valence-electron chi connectivity index (χ4n) is 3.78. The number of amides is 1. The van der Waals surface area contributed by atoms with Crippen LogP contribution in [0.2, 0.25) is 0 Å². The Labute approximate surface area is 191 Å². The first-order chi connectivity index (χ1) is 15.3. The zero-order valence-corrected chi connectivity index (χ0v) is 19.3. The Morgan fingerprint density at radius 1 is 0.938 bits per heavy atom. The number of likely N-dealkylation sites (tertiary alicyclic amines) is 1. The third-order valence-corrected chi connectivity index (χ3v) is 8.41. The van der Waals surface area contributed by atoms with E-state index >= 15 is 0 Å². The predicted octanol–water partition coefficient (Wildman–Crippen LogP) is 4.59. The van der Waals surface area contributed by atoms with Crippen molar-refractivity contribution in [1.29, 1.82) is 0 Å². The molecule has 0 aliphatic carbocycles. The van der Waals surface area contributed by atoms with Gasteiger partial charge in [-0.05, 0) is 55.5 Å². The van der Waals surface area contributed by atoms with Crippen molar-refractivity contribution >= 4 is 38.7 Å². The van der Waals surface area contributed by atoms with Crippen molar-refractivity contribution in [2.45, 2.75) is 24.0 Å². The van der Waals surface area contributed by atoms with Crippen molar-refractivity contribution in [3.8, 4) is 0 Å². The van der Waals surface area contributed by atoms with Gasteiger partial charge in [-0.3, -0.25) is 14.3 Å². The highest BCUT2D eigenvalue weighted by molar-refractivity contribution is 7.94. The van der Waals surface area contributed by atoms with E-state index in [0.29, 0.717) is 37.2 Å². The molecule has 4 rings (SSSR count). The second-order valence-electron chi connectivity index (χ2n) is 7.91. The fraction of sp³-hybridized carbons (Fsp3) is 0.250. The lowest BCUT2D eigenvalue weighted by Crippen LogP contribution is -2.40. The molecule has 166 valence electrons. The van der Waals surface area contributed by atoms with Crippen molar-refractivity contribution in [3.05, 3.63) is 82.7 Å². The van der Waals surface area contributed by atoms with Crippen LogP contribution >= 0.6 is 11.3 Å². The molecular formula is C24H24N2O4S2. The van der Waals surface area contributed by atoms with Gasteiger partial charge in [0.25, 0.3) is 15.9 Å². The summed E-state index contributed by atoms with van der Waals surface area (Å²) < 4.78 is 27.4. The molecule has 0 bridgehead atoms. The minimum absolute atomic E-state index is 0.0733. The van der Waals surface area contributed by atoms with E-state index < -0.39 is 10.0 Å². The van der Waals surface area contributed by atoms with E-state index in [0.717, 1.165) is 22.5 Å². The van der Waals surface area contributed by atoms with Gasteiger partial charge < -0.3 is 4.90 Å². The third-order valence-electron chi connectivity index (χ3n) is 5.63. The number of thiophene rings is 1. The second-order valence-corrected chi connectivity index (χ2v) is 10.8. The van der Waals surface area contributed by atoms with Crippen LogP contribution in [-0.2, 0) is 10.0 Å². The lowest BCUT2D eigenvalue weighted by atomic mass is 9.88. The summed E-state index contributed by atoms with van der Waals surface area (Å²) in [6, 6.07) is 17.3. The van der Waals surface area contributed by atoms with Crippen LogP contribution in [-0.4, -0.2) is 38.1 Å². The maximum Gasteiger partial charge on any atom is 0.271 e. The van der Waals surface area contributed by atoms with Crippen molar-refractivity contribution in [3.63, 3.8) is 0 Å². The van der Waals surface area contributed by atoms with Crippen LogP contribution in [0, 0.1) is 12.8 Å². The van der Waals surface area contributed by atoms with E-state index in [1.54, 1.807) is 40.6 Å². The Balaban J connectivity index is 1.35. The van der Waals surface area contributed by atoms with E-state index in [9.17, 15) is 18.0 Å². The third kappa shape index (κ3) is 4.92. The molecule has 8 heteroatoms. The van der Waals surface area contributed by atoms with Crippen molar-refractivity contribution in [2.75, 3.05) is 17.8 Å². The first kappa shape index (κ1) is 22.2. The summed E-state index contributed by atoms with van der Waals surface area (Å²) in [5.74, 6) is -0.0471. The number of rotatable bonds is 6. The SMILES string of the molecule is Cc1ccc(C(=O)C2CCN(C(=O)c3ccc(NS(=O)(=O)c4cccs4)cc3)CC2)cc1. The van der Waals surface area contributed by atoms with Gasteiger partial charge in [-0.2, -0.15) is 0 Å². The van der Waals surface area contributed by atoms with Crippen LogP contribution in [0.1, 0.15) is 39.1 Å². The van der Waals surface area contributed by atoms with Crippen LogP contribution in [0.15, 0.2) is 70.3 Å². The summed E-state index contributed by atoms with van der Waals surface area (Å²) >= 11 is 1.14. The predicted molar refractivity (Wildman–Crippen MR) is 126 cm³/mol. The van der Waals surface area contributed by atoms with Gasteiger partial charge in [0.1, 0.15) is 4.21 Å². The number of nitrogens with zero attached hydrogens (tertiary/aromatic N) is 1. The van der Waals surface area contributed by atoms with Gasteiger partial charge in [0.2, 0.25) is 0 Å². The van der Waals surface area contributed by atoms with Crippen LogP contribution in [0.25, 0.3) is 0 Å². The number of piperidine rings is 1. The van der Waals surface area contributed by atoms with Crippen LogP contribution in [0.4, 0.5) is 5.69 Å². The number of Topliss-reactive ketones (excluding diaryl/α,β-unsaturated/α-hetero) is 1. The molecule has 1 aliphatic heterocycles. The number of carbonyl (C=O) groups excluding carboxylic acids is 2. The van der Waals surface area contributed by atoms with Crippen LogP contribution in [0.3, 0.4) is 0 Å². The minimum Gasteiger partial charge on any atom is -0.339 e. The van der Waals surface area contributed by atoms with Crippen molar-refractivity contribution < 1.29 is 18.0 Å². The number of nitrogens with one attached hydrogen (secondary N) is 1. The number of benzene rings is 2. The Kier molecular flexibility index (Phi) is 6.43. The highest BCUT2D eigenvalue weighted by atomic mass is 32.2. The van der Waals surface area contributed by atoms with Gasteiger partial charge in [0.05, 0.1) is 0 Å². The number of hydrogen-bond acceptors (Lipinski definition) is 5. The molecule has 1 aromatic heterocycles. The molecule has 1 fully saturated rings. The molecular weight excluding hydrogens is 444 g/mol. The maximum absolute atomic E-state index is 12.9. The smallest absolute Gasteiger partial charge is 0.271 e. The molecule has 1 saturated heterocycles. The molecule has 0 saturated carbocycles. The average Bonchev–Trinajstić information content (AvgIpc) is 3.35. The Hall–Kier alpha value is -2.97. The summed E-state index contributed by atoms with van der Waals surface area (Å²) in [4.78, 5) is 27.4. The summed E-state index contributed by atoms with van der Waals surface area (Å²) in [7, 11) is -3.62. The zero-order valence-electron chi connectivity index (χ0n) is 17.7. The van der Waals surface area contributed by atoms with Gasteiger partial charge in [0.15, 0.2) is 5.78 Å². The lowest BCUT2D eigenvalue weighted by molar-refractivity contribution is 0.0650. The second kappa shape index (κ2) is 9.26. The lowest BCUT2D eigenvalue weighted by Gasteiger charge is -2.31. The quantitative estimate of drug-likeness (QED) is 0.536. The molecule has 6 nitrogen and oxygen atoms in total. The van der Waals surface area contributed by atoms with Crippen LogP contribution in [0.5, 0.6) is 0 Å².